The summed E-state index contributed by atoms with van der Waals surface area (Å²) in [5, 5.41) is 9.28. The lowest BCUT2D eigenvalue weighted by atomic mass is 9.57. The van der Waals surface area contributed by atoms with Gasteiger partial charge >= 0.3 is 0 Å². The molecule has 13 rings (SSSR count). The highest BCUT2D eigenvalue weighted by Gasteiger charge is 2.43. The molecule has 11 aromatic rings. The normalized spacial score (nSPS) is 14.0. The number of aromatic nitrogens is 2. The van der Waals surface area contributed by atoms with E-state index in [0.29, 0.717) is 5.89 Å². The monoisotopic (exact) mass is 871 g/mol. The summed E-state index contributed by atoms with van der Waals surface area (Å²) in [6, 6.07) is 54.2. The van der Waals surface area contributed by atoms with E-state index in [1.807, 2.05) is 29.5 Å². The summed E-state index contributed by atoms with van der Waals surface area (Å²) >= 11 is 1.87. The van der Waals surface area contributed by atoms with Gasteiger partial charge in [-0.1, -0.05) is 140 Å². The number of nitrogens with zero attached hydrogens (tertiary/aromatic N) is 2. The SMILES string of the molecule is CC(C)(C)c1ccc(Nc2cc3sc4ccccc4c3cc2-c2c3c(c4c5cc(C(C)(C)C)ccc5n5c4c2Bc2cc4nc(-c6ccccc6)oc4cc2-5)C(C)(C)c2ccccc2-3)cc1. The maximum atomic E-state index is 6.63. The van der Waals surface area contributed by atoms with E-state index in [1.54, 1.807) is 0 Å². The Labute approximate surface area is 390 Å². The third kappa shape index (κ3) is 5.67. The van der Waals surface area contributed by atoms with Gasteiger partial charge in [0.05, 0.1) is 5.52 Å². The third-order valence-electron chi connectivity index (χ3n) is 14.7. The summed E-state index contributed by atoms with van der Waals surface area (Å²) in [7, 11) is 0.741. The van der Waals surface area contributed by atoms with Gasteiger partial charge in [-0.2, -0.15) is 0 Å². The van der Waals surface area contributed by atoms with E-state index in [4.69, 9.17) is 9.40 Å². The molecule has 66 heavy (non-hydrogen) atoms. The summed E-state index contributed by atoms with van der Waals surface area (Å²) in [6.07, 6.45) is 0. The smallest absolute Gasteiger partial charge is 0.227 e. The number of hydrogen-bond acceptors (Lipinski definition) is 4. The molecule has 0 saturated heterocycles. The van der Waals surface area contributed by atoms with Crippen molar-refractivity contribution < 1.29 is 4.42 Å². The third-order valence-corrected chi connectivity index (χ3v) is 15.8. The molecule has 0 bridgehead atoms. The van der Waals surface area contributed by atoms with Crippen molar-refractivity contribution in [2.45, 2.75) is 71.6 Å². The second-order valence-corrected chi connectivity index (χ2v) is 22.4. The molecule has 1 aliphatic carbocycles. The van der Waals surface area contributed by atoms with Gasteiger partial charge < -0.3 is 14.3 Å². The number of fused-ring (bicyclic) bond motifs is 13. The Bertz CT molecular complexity index is 3850. The first kappa shape index (κ1) is 39.5. The van der Waals surface area contributed by atoms with Crippen molar-refractivity contribution in [3.63, 3.8) is 0 Å². The van der Waals surface area contributed by atoms with Gasteiger partial charge in [0.15, 0.2) is 12.9 Å². The van der Waals surface area contributed by atoms with Gasteiger partial charge in [0, 0.05) is 76.1 Å². The second-order valence-electron chi connectivity index (χ2n) is 21.3. The minimum Gasteiger partial charge on any atom is -0.436 e. The molecule has 0 saturated carbocycles. The Balaban J connectivity index is 1.19. The Morgan fingerprint density at radius 1 is 0.652 bits per heavy atom. The van der Waals surface area contributed by atoms with Crippen molar-refractivity contribution in [1.82, 2.24) is 9.55 Å². The Morgan fingerprint density at radius 3 is 2.17 bits per heavy atom. The predicted molar refractivity (Wildman–Crippen MR) is 283 cm³/mol. The standard InChI is InChI=1S/C60H50BN3OS/c1-58(2,3)34-22-25-36(26-23-34)62-44-31-50-39(37-18-13-15-21-49(37)66-50)29-40(44)52-51-38-19-12-14-20-42(38)60(7,8)54(51)53-41-28-35(59(4,5)6)24-27-46(41)64-47-32-48-45(30-43(47)61-55(52)56(53)64)63-57(65-48)33-16-10-9-11-17-33/h9-32,61-62H,1-8H3. The predicted octanol–water partition coefficient (Wildman–Crippen LogP) is 15.0. The van der Waals surface area contributed by atoms with Crippen molar-refractivity contribution in [2.24, 2.45) is 0 Å². The van der Waals surface area contributed by atoms with Crippen LogP contribution in [-0.4, -0.2) is 16.8 Å². The summed E-state index contributed by atoms with van der Waals surface area (Å²) in [5.74, 6) is 0.642. The van der Waals surface area contributed by atoms with Crippen LogP contribution < -0.4 is 16.2 Å². The van der Waals surface area contributed by atoms with E-state index in [9.17, 15) is 0 Å². The first-order valence-electron chi connectivity index (χ1n) is 23.3. The fourth-order valence-corrected chi connectivity index (χ4v) is 12.5. The van der Waals surface area contributed by atoms with Crippen molar-refractivity contribution in [3.8, 4) is 39.4 Å². The largest absolute Gasteiger partial charge is 0.436 e. The van der Waals surface area contributed by atoms with Crippen LogP contribution in [0.4, 0.5) is 11.4 Å². The summed E-state index contributed by atoms with van der Waals surface area (Å²) in [6.45, 7) is 18.7. The van der Waals surface area contributed by atoms with Crippen LogP contribution in [0, 0.1) is 0 Å². The van der Waals surface area contributed by atoms with E-state index in [-0.39, 0.29) is 16.2 Å². The summed E-state index contributed by atoms with van der Waals surface area (Å²) < 4.78 is 11.8. The van der Waals surface area contributed by atoms with Crippen LogP contribution in [0.3, 0.4) is 0 Å². The highest BCUT2D eigenvalue weighted by molar-refractivity contribution is 7.25. The molecule has 320 valence electrons. The van der Waals surface area contributed by atoms with Gasteiger partial charge in [0.1, 0.15) is 5.52 Å². The Kier molecular flexibility index (Phi) is 8.13. The minimum atomic E-state index is -0.286. The highest BCUT2D eigenvalue weighted by atomic mass is 32.1. The van der Waals surface area contributed by atoms with E-state index in [0.717, 1.165) is 41.0 Å². The average molecular weight is 872 g/mol. The van der Waals surface area contributed by atoms with Crippen LogP contribution in [0.15, 0.2) is 150 Å². The Morgan fingerprint density at radius 2 is 1.38 bits per heavy atom. The average Bonchev–Trinajstić information content (AvgIpc) is 4.04. The van der Waals surface area contributed by atoms with Crippen molar-refractivity contribution in [2.75, 3.05) is 5.32 Å². The second kappa shape index (κ2) is 13.6. The number of hydrogen-bond donors (Lipinski definition) is 1. The molecule has 4 nitrogen and oxygen atoms in total. The van der Waals surface area contributed by atoms with Crippen LogP contribution in [0.25, 0.3) is 92.5 Å². The van der Waals surface area contributed by atoms with Gasteiger partial charge in [0.2, 0.25) is 5.89 Å². The molecule has 0 spiro atoms. The molecule has 0 atom stereocenters. The van der Waals surface area contributed by atoms with Gasteiger partial charge in [-0.3, -0.25) is 0 Å². The van der Waals surface area contributed by atoms with Crippen LogP contribution in [-0.2, 0) is 16.2 Å². The van der Waals surface area contributed by atoms with Crippen molar-refractivity contribution in [1.29, 1.82) is 0 Å². The van der Waals surface area contributed by atoms with Crippen molar-refractivity contribution in [3.05, 3.63) is 168 Å². The number of nitrogens with one attached hydrogen (secondary N) is 1. The first-order valence-corrected chi connectivity index (χ1v) is 24.1. The molecular formula is C60H50BN3OS. The topological polar surface area (TPSA) is 43.0 Å². The molecule has 0 radical (unpaired) electrons. The lowest BCUT2D eigenvalue weighted by Crippen LogP contribution is -2.38. The molecule has 4 heterocycles. The van der Waals surface area contributed by atoms with Crippen LogP contribution in [0.5, 0.6) is 0 Å². The number of benzene rings is 8. The summed E-state index contributed by atoms with van der Waals surface area (Å²) in [5.41, 5.74) is 21.4. The number of thiophene rings is 1. The molecule has 0 fully saturated rings. The Hall–Kier alpha value is -6.89. The lowest BCUT2D eigenvalue weighted by Gasteiger charge is -2.29. The zero-order valence-electron chi connectivity index (χ0n) is 38.8. The number of rotatable bonds is 4. The molecule has 6 heteroatoms. The molecule has 2 aliphatic rings. The molecule has 0 unspecified atom stereocenters. The fraction of sp³-hybridized carbons (Fsp3) is 0.183. The van der Waals surface area contributed by atoms with Gasteiger partial charge in [-0.25, -0.2) is 4.98 Å². The zero-order chi connectivity index (χ0) is 45.0. The number of anilines is 2. The molecule has 0 amide bonds. The van der Waals surface area contributed by atoms with Gasteiger partial charge in [0.25, 0.3) is 0 Å². The van der Waals surface area contributed by atoms with E-state index in [2.05, 4.69) is 193 Å². The van der Waals surface area contributed by atoms with Gasteiger partial charge in [-0.15, -0.1) is 11.3 Å². The quantitative estimate of drug-likeness (QED) is 0.179. The van der Waals surface area contributed by atoms with Crippen LogP contribution in [0.2, 0.25) is 0 Å². The van der Waals surface area contributed by atoms with Crippen molar-refractivity contribution >= 4 is 94.0 Å². The van der Waals surface area contributed by atoms with E-state index < -0.39 is 0 Å². The van der Waals surface area contributed by atoms with Crippen LogP contribution >= 0.6 is 11.3 Å². The van der Waals surface area contributed by atoms with E-state index in [1.165, 1.54) is 97.4 Å². The van der Waals surface area contributed by atoms with E-state index >= 15 is 0 Å². The maximum absolute atomic E-state index is 6.63. The molecule has 3 aromatic heterocycles. The van der Waals surface area contributed by atoms with Crippen LogP contribution in [0.1, 0.15) is 77.6 Å². The first-order chi connectivity index (χ1) is 31.7. The maximum Gasteiger partial charge on any atom is 0.227 e. The highest BCUT2D eigenvalue weighted by Crippen LogP contribution is 2.58. The van der Waals surface area contributed by atoms with Gasteiger partial charge in [-0.05, 0) is 116 Å². The fourth-order valence-electron chi connectivity index (χ4n) is 11.4. The molecule has 1 aliphatic heterocycles. The minimum absolute atomic E-state index is 0.0324. The molecule has 1 N–H and O–H groups in total. The summed E-state index contributed by atoms with van der Waals surface area (Å²) in [4.78, 5) is 5.13. The number of oxazole rings is 1. The zero-order valence-corrected chi connectivity index (χ0v) is 39.6. The lowest BCUT2D eigenvalue weighted by molar-refractivity contribution is 0.590. The molecular weight excluding hydrogens is 822 g/mol. The molecule has 8 aromatic carbocycles.